The lowest BCUT2D eigenvalue weighted by molar-refractivity contribution is 0.0935. The molecule has 31 heavy (non-hydrogen) atoms. The van der Waals surface area contributed by atoms with Crippen molar-refractivity contribution < 1.29 is 13.2 Å². The van der Waals surface area contributed by atoms with Crippen molar-refractivity contribution in [1.82, 2.24) is 5.32 Å². The van der Waals surface area contributed by atoms with Gasteiger partial charge < -0.3 is 5.32 Å². The quantitative estimate of drug-likeness (QED) is 0.528. The predicted molar refractivity (Wildman–Crippen MR) is 125 cm³/mol. The third-order valence-corrected chi connectivity index (χ3v) is 6.70. The maximum Gasteiger partial charge on any atom is 0.261 e. The average molecular weight is 437 g/mol. The Hall–Kier alpha value is -3.12. The Morgan fingerprint density at radius 3 is 2.32 bits per heavy atom. The summed E-state index contributed by atoms with van der Waals surface area (Å²) in [6, 6.07) is 19.2. The molecule has 0 saturated carbocycles. The van der Waals surface area contributed by atoms with Gasteiger partial charge in [-0.15, -0.1) is 0 Å². The van der Waals surface area contributed by atoms with Crippen LogP contribution < -0.4 is 10.0 Å². The maximum absolute atomic E-state index is 12.9. The van der Waals surface area contributed by atoms with E-state index in [2.05, 4.69) is 23.0 Å². The minimum absolute atomic E-state index is 0.0425. The fourth-order valence-electron chi connectivity index (χ4n) is 3.37. The van der Waals surface area contributed by atoms with Crippen molar-refractivity contribution in [2.75, 3.05) is 4.72 Å². The molecule has 162 valence electrons. The van der Waals surface area contributed by atoms with Crippen LogP contribution in [0.15, 0.2) is 71.6 Å². The molecule has 3 aromatic rings. The molecular formula is C25H28N2O3S. The molecule has 3 aromatic carbocycles. The van der Waals surface area contributed by atoms with Crippen molar-refractivity contribution in [2.24, 2.45) is 0 Å². The number of hydrogen-bond donors (Lipinski definition) is 2. The van der Waals surface area contributed by atoms with Crippen LogP contribution in [0.3, 0.4) is 0 Å². The van der Waals surface area contributed by atoms with Crippen molar-refractivity contribution in [3.05, 3.63) is 94.5 Å². The molecule has 0 heterocycles. The van der Waals surface area contributed by atoms with Crippen LogP contribution in [0.25, 0.3) is 0 Å². The Morgan fingerprint density at radius 2 is 1.65 bits per heavy atom. The molecule has 0 aromatic heterocycles. The van der Waals surface area contributed by atoms with E-state index in [0.717, 1.165) is 17.5 Å². The molecule has 0 radical (unpaired) electrons. The zero-order valence-electron chi connectivity index (χ0n) is 18.3. The number of hydrogen-bond acceptors (Lipinski definition) is 3. The highest BCUT2D eigenvalue weighted by atomic mass is 32.2. The van der Waals surface area contributed by atoms with Crippen molar-refractivity contribution in [3.63, 3.8) is 0 Å². The summed E-state index contributed by atoms with van der Waals surface area (Å²) in [4.78, 5) is 12.9. The van der Waals surface area contributed by atoms with Gasteiger partial charge in [-0.1, -0.05) is 43.3 Å². The molecule has 5 nitrogen and oxygen atoms in total. The second kappa shape index (κ2) is 9.35. The van der Waals surface area contributed by atoms with Crippen LogP contribution in [0, 0.1) is 20.8 Å². The molecule has 0 aliphatic carbocycles. The van der Waals surface area contributed by atoms with Gasteiger partial charge in [0.25, 0.3) is 15.9 Å². The second-order valence-electron chi connectivity index (χ2n) is 7.78. The summed E-state index contributed by atoms with van der Waals surface area (Å²) in [7, 11) is -3.81. The molecule has 1 unspecified atom stereocenters. The molecule has 1 amide bonds. The Bertz CT molecular complexity index is 1200. The normalized spacial score (nSPS) is 12.3. The molecule has 0 bridgehead atoms. The fourth-order valence-corrected chi connectivity index (χ4v) is 4.47. The summed E-state index contributed by atoms with van der Waals surface area (Å²) in [5.41, 5.74) is 5.13. The van der Waals surface area contributed by atoms with E-state index in [1.807, 2.05) is 39.0 Å². The van der Waals surface area contributed by atoms with Crippen molar-refractivity contribution in [2.45, 2.75) is 45.1 Å². The van der Waals surface area contributed by atoms with E-state index < -0.39 is 10.0 Å². The van der Waals surface area contributed by atoms with Gasteiger partial charge in [-0.25, -0.2) is 8.42 Å². The maximum atomic E-state index is 12.9. The molecule has 0 aliphatic heterocycles. The monoisotopic (exact) mass is 436 g/mol. The van der Waals surface area contributed by atoms with Crippen LogP contribution in [0.1, 0.15) is 52.0 Å². The third-order valence-electron chi connectivity index (χ3n) is 5.32. The zero-order chi connectivity index (χ0) is 22.6. The number of carbonyl (C=O) groups is 1. The Kier molecular flexibility index (Phi) is 6.81. The standard InChI is InChI=1S/C25H28N2O3S/c1-5-24(20-13-12-18(3)19(4)15-20)26-25(28)21-9-7-11-23(16-21)31(29,30)27-22-10-6-8-17(2)14-22/h6-16,24,27H,5H2,1-4H3,(H,26,28). The van der Waals surface area contributed by atoms with E-state index in [4.69, 9.17) is 0 Å². The number of sulfonamides is 1. The first kappa shape index (κ1) is 22.6. The lowest BCUT2D eigenvalue weighted by Gasteiger charge is -2.19. The van der Waals surface area contributed by atoms with Crippen molar-refractivity contribution >= 4 is 21.6 Å². The minimum Gasteiger partial charge on any atom is -0.345 e. The van der Waals surface area contributed by atoms with Crippen LogP contribution in [-0.2, 0) is 10.0 Å². The van der Waals surface area contributed by atoms with E-state index >= 15 is 0 Å². The number of anilines is 1. The van der Waals surface area contributed by atoms with Gasteiger partial charge in [-0.05, 0) is 79.8 Å². The number of benzene rings is 3. The van der Waals surface area contributed by atoms with Gasteiger partial charge in [0.2, 0.25) is 0 Å². The predicted octanol–water partition coefficient (Wildman–Crippen LogP) is 5.29. The van der Waals surface area contributed by atoms with Crippen molar-refractivity contribution in [3.8, 4) is 0 Å². The molecule has 1 atom stereocenters. The average Bonchev–Trinajstić information content (AvgIpc) is 2.73. The van der Waals surface area contributed by atoms with E-state index in [0.29, 0.717) is 11.3 Å². The first-order valence-electron chi connectivity index (χ1n) is 10.3. The van der Waals surface area contributed by atoms with Crippen LogP contribution >= 0.6 is 0 Å². The number of carbonyl (C=O) groups excluding carboxylic acids is 1. The molecule has 0 spiro atoms. The van der Waals surface area contributed by atoms with Gasteiger partial charge in [0.1, 0.15) is 0 Å². The van der Waals surface area contributed by atoms with Crippen LogP contribution in [0.4, 0.5) is 5.69 Å². The summed E-state index contributed by atoms with van der Waals surface area (Å²) >= 11 is 0. The number of nitrogens with one attached hydrogen (secondary N) is 2. The van der Waals surface area contributed by atoms with Gasteiger partial charge >= 0.3 is 0 Å². The zero-order valence-corrected chi connectivity index (χ0v) is 19.1. The van der Waals surface area contributed by atoms with Crippen molar-refractivity contribution in [1.29, 1.82) is 0 Å². The Balaban J connectivity index is 1.81. The highest BCUT2D eigenvalue weighted by Gasteiger charge is 2.19. The van der Waals surface area contributed by atoms with Crippen LogP contribution in [-0.4, -0.2) is 14.3 Å². The molecule has 0 fully saturated rings. The number of aryl methyl sites for hydroxylation is 3. The van der Waals surface area contributed by atoms with Crippen LogP contribution in [0.2, 0.25) is 0 Å². The number of rotatable bonds is 7. The lowest BCUT2D eigenvalue weighted by Crippen LogP contribution is -2.28. The first-order valence-corrected chi connectivity index (χ1v) is 11.8. The Labute approximate surface area is 184 Å². The molecular weight excluding hydrogens is 408 g/mol. The Morgan fingerprint density at radius 1 is 0.903 bits per heavy atom. The van der Waals surface area contributed by atoms with E-state index in [9.17, 15) is 13.2 Å². The largest absolute Gasteiger partial charge is 0.345 e. The molecule has 6 heteroatoms. The second-order valence-corrected chi connectivity index (χ2v) is 9.46. The third kappa shape index (κ3) is 5.52. The summed E-state index contributed by atoms with van der Waals surface area (Å²) < 4.78 is 28.2. The van der Waals surface area contributed by atoms with E-state index in [1.165, 1.54) is 23.3 Å². The summed E-state index contributed by atoms with van der Waals surface area (Å²) in [6.45, 7) is 7.99. The number of amides is 1. The molecule has 0 saturated heterocycles. The van der Waals surface area contributed by atoms with Gasteiger partial charge in [0, 0.05) is 11.3 Å². The summed E-state index contributed by atoms with van der Waals surface area (Å²) in [5, 5.41) is 3.03. The van der Waals surface area contributed by atoms with Gasteiger partial charge in [0.15, 0.2) is 0 Å². The fraction of sp³-hybridized carbons (Fsp3) is 0.240. The van der Waals surface area contributed by atoms with Gasteiger partial charge in [-0.2, -0.15) is 0 Å². The lowest BCUT2D eigenvalue weighted by atomic mass is 9.99. The molecule has 2 N–H and O–H groups in total. The van der Waals surface area contributed by atoms with Gasteiger partial charge in [0.05, 0.1) is 10.9 Å². The summed E-state index contributed by atoms with van der Waals surface area (Å²) in [5.74, 6) is -0.308. The molecule has 3 rings (SSSR count). The highest BCUT2D eigenvalue weighted by molar-refractivity contribution is 7.92. The van der Waals surface area contributed by atoms with Crippen LogP contribution in [0.5, 0.6) is 0 Å². The van der Waals surface area contributed by atoms with Gasteiger partial charge in [-0.3, -0.25) is 9.52 Å². The smallest absolute Gasteiger partial charge is 0.261 e. The summed E-state index contributed by atoms with van der Waals surface area (Å²) in [6.07, 6.45) is 0.723. The SMILES string of the molecule is CCC(NC(=O)c1cccc(S(=O)(=O)Nc2cccc(C)c2)c1)c1ccc(C)c(C)c1. The first-order chi connectivity index (χ1) is 14.7. The minimum atomic E-state index is -3.81. The van der Waals surface area contributed by atoms with E-state index in [-0.39, 0.29) is 16.8 Å². The molecule has 0 aliphatic rings. The van der Waals surface area contributed by atoms with E-state index in [1.54, 1.807) is 30.3 Å². The highest BCUT2D eigenvalue weighted by Crippen LogP contribution is 2.22. The topological polar surface area (TPSA) is 75.3 Å².